The summed E-state index contributed by atoms with van der Waals surface area (Å²) in [6, 6.07) is 1.47. The number of nitrogens with zero attached hydrogens (tertiary/aromatic N) is 1. The minimum Gasteiger partial charge on any atom is -0.311 e. The standard InChI is InChI=1S/C15H32N2S/c1-5-8-14-12-17(9-7-10-18-6-2)15(11-16-14)13(3)4/h13-16H,5-12H2,1-4H3. The first-order valence-corrected chi connectivity index (χ1v) is 8.89. The molecule has 3 heteroatoms. The minimum absolute atomic E-state index is 0.726. The zero-order valence-electron chi connectivity index (χ0n) is 12.7. The van der Waals surface area contributed by atoms with Crippen LogP contribution >= 0.6 is 11.8 Å². The lowest BCUT2D eigenvalue weighted by Crippen LogP contribution is -2.58. The van der Waals surface area contributed by atoms with Crippen LogP contribution in [0.1, 0.15) is 47.0 Å². The third-order valence-electron chi connectivity index (χ3n) is 3.88. The molecule has 0 saturated carbocycles. The molecule has 2 unspecified atom stereocenters. The predicted molar refractivity (Wildman–Crippen MR) is 84.5 cm³/mol. The monoisotopic (exact) mass is 272 g/mol. The van der Waals surface area contributed by atoms with Gasteiger partial charge in [0.2, 0.25) is 0 Å². The van der Waals surface area contributed by atoms with Gasteiger partial charge in [0.1, 0.15) is 0 Å². The lowest BCUT2D eigenvalue weighted by atomic mass is 9.97. The van der Waals surface area contributed by atoms with Gasteiger partial charge < -0.3 is 5.32 Å². The fourth-order valence-corrected chi connectivity index (χ4v) is 3.49. The molecule has 1 N–H and O–H groups in total. The summed E-state index contributed by atoms with van der Waals surface area (Å²) in [5, 5.41) is 3.74. The zero-order valence-corrected chi connectivity index (χ0v) is 13.6. The van der Waals surface area contributed by atoms with E-state index < -0.39 is 0 Å². The molecule has 0 aromatic rings. The Hall–Kier alpha value is 0.270. The quantitative estimate of drug-likeness (QED) is 0.683. The predicted octanol–water partition coefficient (Wildman–Crippen LogP) is 3.23. The molecule has 108 valence electrons. The number of piperazine rings is 1. The van der Waals surface area contributed by atoms with E-state index in [1.165, 1.54) is 50.4 Å². The fraction of sp³-hybridized carbons (Fsp3) is 1.00. The number of hydrogen-bond acceptors (Lipinski definition) is 3. The second kappa shape index (κ2) is 9.22. The summed E-state index contributed by atoms with van der Waals surface area (Å²) in [4.78, 5) is 2.75. The van der Waals surface area contributed by atoms with Crippen molar-refractivity contribution in [1.29, 1.82) is 0 Å². The molecule has 1 heterocycles. The summed E-state index contributed by atoms with van der Waals surface area (Å²) < 4.78 is 0. The maximum atomic E-state index is 3.74. The van der Waals surface area contributed by atoms with E-state index in [2.05, 4.69) is 49.7 Å². The molecule has 0 bridgehead atoms. The highest BCUT2D eigenvalue weighted by Gasteiger charge is 2.28. The molecular weight excluding hydrogens is 240 g/mol. The Morgan fingerprint density at radius 1 is 1.33 bits per heavy atom. The van der Waals surface area contributed by atoms with Crippen molar-refractivity contribution in [2.45, 2.75) is 59.0 Å². The smallest absolute Gasteiger partial charge is 0.0244 e. The van der Waals surface area contributed by atoms with Crippen molar-refractivity contribution in [3.8, 4) is 0 Å². The van der Waals surface area contributed by atoms with Gasteiger partial charge in [-0.3, -0.25) is 4.90 Å². The van der Waals surface area contributed by atoms with Gasteiger partial charge in [0.25, 0.3) is 0 Å². The highest BCUT2D eigenvalue weighted by atomic mass is 32.2. The molecule has 1 saturated heterocycles. The van der Waals surface area contributed by atoms with E-state index in [1.54, 1.807) is 0 Å². The van der Waals surface area contributed by atoms with Crippen LogP contribution in [0.5, 0.6) is 0 Å². The van der Waals surface area contributed by atoms with E-state index in [9.17, 15) is 0 Å². The molecule has 0 amide bonds. The average Bonchev–Trinajstić information content (AvgIpc) is 2.35. The SMILES string of the molecule is CCCC1CN(CCCSCC)C(C(C)C)CN1. The van der Waals surface area contributed by atoms with Crippen LogP contribution in [0.3, 0.4) is 0 Å². The summed E-state index contributed by atoms with van der Waals surface area (Å²) in [7, 11) is 0. The van der Waals surface area contributed by atoms with Gasteiger partial charge in [-0.1, -0.05) is 34.1 Å². The fourth-order valence-electron chi connectivity index (χ4n) is 2.87. The van der Waals surface area contributed by atoms with Crippen LogP contribution in [0.25, 0.3) is 0 Å². The van der Waals surface area contributed by atoms with Crippen LogP contribution in [0.2, 0.25) is 0 Å². The maximum Gasteiger partial charge on any atom is 0.0244 e. The van der Waals surface area contributed by atoms with Crippen LogP contribution in [-0.2, 0) is 0 Å². The van der Waals surface area contributed by atoms with Crippen molar-refractivity contribution < 1.29 is 0 Å². The number of hydrogen-bond donors (Lipinski definition) is 1. The zero-order chi connectivity index (χ0) is 13.4. The van der Waals surface area contributed by atoms with Gasteiger partial charge in [-0.15, -0.1) is 0 Å². The molecule has 0 aromatic heterocycles. The van der Waals surface area contributed by atoms with E-state index in [0.29, 0.717) is 0 Å². The lowest BCUT2D eigenvalue weighted by molar-refractivity contribution is 0.0961. The van der Waals surface area contributed by atoms with Crippen LogP contribution < -0.4 is 5.32 Å². The molecule has 2 atom stereocenters. The van der Waals surface area contributed by atoms with Crippen molar-refractivity contribution in [2.75, 3.05) is 31.1 Å². The molecule has 1 aliphatic rings. The van der Waals surface area contributed by atoms with Crippen molar-refractivity contribution in [3.05, 3.63) is 0 Å². The summed E-state index contributed by atoms with van der Waals surface area (Å²) in [5.41, 5.74) is 0. The first kappa shape index (κ1) is 16.3. The average molecular weight is 273 g/mol. The molecular formula is C15H32N2S. The van der Waals surface area contributed by atoms with Crippen LogP contribution in [0, 0.1) is 5.92 Å². The van der Waals surface area contributed by atoms with Gasteiger partial charge in [0, 0.05) is 25.2 Å². The molecule has 0 radical (unpaired) electrons. The van der Waals surface area contributed by atoms with Gasteiger partial charge in [0.05, 0.1) is 0 Å². The Morgan fingerprint density at radius 2 is 2.11 bits per heavy atom. The highest BCUT2D eigenvalue weighted by Crippen LogP contribution is 2.18. The van der Waals surface area contributed by atoms with Crippen molar-refractivity contribution in [3.63, 3.8) is 0 Å². The first-order chi connectivity index (χ1) is 8.69. The first-order valence-electron chi connectivity index (χ1n) is 7.74. The van der Waals surface area contributed by atoms with E-state index in [0.717, 1.165) is 18.0 Å². The highest BCUT2D eigenvalue weighted by molar-refractivity contribution is 7.99. The van der Waals surface area contributed by atoms with E-state index in [1.807, 2.05) is 0 Å². The summed E-state index contributed by atoms with van der Waals surface area (Å²) in [6.07, 6.45) is 3.97. The molecule has 1 fully saturated rings. The number of thioether (sulfide) groups is 1. The maximum absolute atomic E-state index is 3.74. The van der Waals surface area contributed by atoms with Crippen LogP contribution in [-0.4, -0.2) is 48.1 Å². The van der Waals surface area contributed by atoms with Gasteiger partial charge in [-0.2, -0.15) is 11.8 Å². The third kappa shape index (κ3) is 5.50. The second-order valence-corrected chi connectivity index (χ2v) is 7.14. The van der Waals surface area contributed by atoms with Crippen molar-refractivity contribution in [2.24, 2.45) is 5.92 Å². The second-order valence-electron chi connectivity index (χ2n) is 5.75. The van der Waals surface area contributed by atoms with Crippen LogP contribution in [0.4, 0.5) is 0 Å². The van der Waals surface area contributed by atoms with Gasteiger partial charge >= 0.3 is 0 Å². The Balaban J connectivity index is 2.39. The Kier molecular flexibility index (Phi) is 8.36. The molecule has 0 aliphatic carbocycles. The molecule has 18 heavy (non-hydrogen) atoms. The normalized spacial score (nSPS) is 25.8. The number of rotatable bonds is 8. The molecule has 0 spiro atoms. The lowest BCUT2D eigenvalue weighted by Gasteiger charge is -2.42. The van der Waals surface area contributed by atoms with E-state index in [4.69, 9.17) is 0 Å². The summed E-state index contributed by atoms with van der Waals surface area (Å²) in [6.45, 7) is 13.0. The Bertz CT molecular complexity index is 209. The molecule has 2 nitrogen and oxygen atoms in total. The van der Waals surface area contributed by atoms with E-state index >= 15 is 0 Å². The van der Waals surface area contributed by atoms with Crippen molar-refractivity contribution >= 4 is 11.8 Å². The van der Waals surface area contributed by atoms with Gasteiger partial charge in [0.15, 0.2) is 0 Å². The van der Waals surface area contributed by atoms with Gasteiger partial charge in [-0.05, 0) is 36.8 Å². The largest absolute Gasteiger partial charge is 0.311 e. The minimum atomic E-state index is 0.726. The molecule has 1 rings (SSSR count). The summed E-state index contributed by atoms with van der Waals surface area (Å²) in [5.74, 6) is 3.34. The third-order valence-corrected chi connectivity index (χ3v) is 4.87. The molecule has 1 aliphatic heterocycles. The molecule has 0 aromatic carbocycles. The van der Waals surface area contributed by atoms with Crippen molar-refractivity contribution in [1.82, 2.24) is 10.2 Å². The van der Waals surface area contributed by atoms with Crippen LogP contribution in [0.15, 0.2) is 0 Å². The Labute approximate surface area is 118 Å². The van der Waals surface area contributed by atoms with Gasteiger partial charge in [-0.25, -0.2) is 0 Å². The number of nitrogens with one attached hydrogen (secondary N) is 1. The Morgan fingerprint density at radius 3 is 2.72 bits per heavy atom. The summed E-state index contributed by atoms with van der Waals surface area (Å²) >= 11 is 2.08. The topological polar surface area (TPSA) is 15.3 Å². The van der Waals surface area contributed by atoms with E-state index in [-0.39, 0.29) is 0 Å².